The zero-order valence-corrected chi connectivity index (χ0v) is 38.0. The first kappa shape index (κ1) is 39.2. The van der Waals surface area contributed by atoms with Gasteiger partial charge in [-0.05, 0) is 95.1 Å². The summed E-state index contributed by atoms with van der Waals surface area (Å²) in [6.07, 6.45) is 0. The third-order valence-electron chi connectivity index (χ3n) is 13.6. The van der Waals surface area contributed by atoms with E-state index < -0.39 is 0 Å². The third-order valence-corrected chi connectivity index (χ3v) is 14.8. The lowest BCUT2D eigenvalue weighted by atomic mass is 9.98. The van der Waals surface area contributed by atoms with Crippen molar-refractivity contribution in [2.75, 3.05) is 0 Å². The molecule has 0 aliphatic rings. The van der Waals surface area contributed by atoms with Crippen molar-refractivity contribution < 1.29 is 0 Å². The number of para-hydroxylation sites is 2. The predicted octanol–water partition coefficient (Wildman–Crippen LogP) is 16.8. The van der Waals surface area contributed by atoms with E-state index in [0.29, 0.717) is 17.5 Å². The zero-order chi connectivity index (χ0) is 45.4. The van der Waals surface area contributed by atoms with Crippen LogP contribution < -0.4 is 0 Å². The van der Waals surface area contributed by atoms with E-state index in [1.165, 1.54) is 69.4 Å². The Hall–Kier alpha value is -8.97. The van der Waals surface area contributed by atoms with Gasteiger partial charge in [-0.2, -0.15) is 0 Å². The number of benzene rings is 10. The summed E-state index contributed by atoms with van der Waals surface area (Å²) in [5, 5.41) is 7.43. The van der Waals surface area contributed by atoms with E-state index in [-0.39, 0.29) is 0 Å². The van der Waals surface area contributed by atoms with Crippen LogP contribution in [0, 0.1) is 0 Å². The molecular weight excluding hydrogens is 859 g/mol. The van der Waals surface area contributed by atoms with Gasteiger partial charge in [0.05, 0.1) is 22.1 Å². The Morgan fingerprint density at radius 2 is 0.725 bits per heavy atom. The van der Waals surface area contributed by atoms with E-state index in [2.05, 4.69) is 185 Å². The van der Waals surface area contributed by atoms with Crippen LogP contribution >= 0.6 is 11.3 Å². The maximum Gasteiger partial charge on any atom is 0.164 e. The first-order valence-corrected chi connectivity index (χ1v) is 24.1. The maximum atomic E-state index is 5.10. The van der Waals surface area contributed by atoms with Crippen LogP contribution in [0.3, 0.4) is 0 Å². The van der Waals surface area contributed by atoms with Crippen molar-refractivity contribution in [1.82, 2.24) is 24.1 Å². The monoisotopic (exact) mass is 897 g/mol. The lowest BCUT2D eigenvalue weighted by molar-refractivity contribution is 1.07. The molecule has 0 saturated heterocycles. The van der Waals surface area contributed by atoms with Crippen LogP contribution in [0.2, 0.25) is 0 Å². The van der Waals surface area contributed by atoms with Crippen molar-refractivity contribution in [3.63, 3.8) is 0 Å². The highest BCUT2D eigenvalue weighted by Crippen LogP contribution is 2.43. The molecule has 4 heterocycles. The average Bonchev–Trinajstić information content (AvgIpc) is 4.09. The summed E-state index contributed by atoms with van der Waals surface area (Å²) in [5.74, 6) is 1.90. The van der Waals surface area contributed by atoms with Crippen molar-refractivity contribution in [3.8, 4) is 67.8 Å². The topological polar surface area (TPSA) is 48.5 Å². The highest BCUT2D eigenvalue weighted by atomic mass is 32.1. The summed E-state index contributed by atoms with van der Waals surface area (Å²) >= 11 is 1.87. The van der Waals surface area contributed by atoms with Crippen LogP contribution in [0.1, 0.15) is 0 Å². The van der Waals surface area contributed by atoms with Gasteiger partial charge in [-0.15, -0.1) is 11.3 Å². The van der Waals surface area contributed by atoms with Crippen LogP contribution in [-0.2, 0) is 0 Å². The summed E-state index contributed by atoms with van der Waals surface area (Å²) in [6, 6.07) is 84.7. The molecule has 69 heavy (non-hydrogen) atoms. The molecule has 0 aliphatic heterocycles. The third kappa shape index (κ3) is 6.49. The van der Waals surface area contributed by atoms with Gasteiger partial charge in [-0.1, -0.05) is 164 Å². The van der Waals surface area contributed by atoms with Gasteiger partial charge in [0.25, 0.3) is 0 Å². The van der Waals surface area contributed by atoms with Crippen molar-refractivity contribution in [2.45, 2.75) is 0 Å². The minimum Gasteiger partial charge on any atom is -0.309 e. The second kappa shape index (κ2) is 15.8. The van der Waals surface area contributed by atoms with E-state index in [1.54, 1.807) is 0 Å². The largest absolute Gasteiger partial charge is 0.309 e. The molecule has 0 fully saturated rings. The Balaban J connectivity index is 0.970. The molecule has 0 spiro atoms. The Bertz CT molecular complexity index is 4240. The number of nitrogens with zero attached hydrogens (tertiary/aromatic N) is 5. The number of rotatable bonds is 7. The molecule has 0 unspecified atom stereocenters. The molecule has 5 nitrogen and oxygen atoms in total. The van der Waals surface area contributed by atoms with E-state index in [1.807, 2.05) is 72.0 Å². The minimum atomic E-state index is 0.621. The molecule has 14 aromatic rings. The number of aromatic nitrogens is 5. The number of fused-ring (bicyclic) bond motifs is 9. The number of hydrogen-bond donors (Lipinski definition) is 0. The fourth-order valence-corrected chi connectivity index (χ4v) is 11.6. The zero-order valence-electron chi connectivity index (χ0n) is 37.2. The van der Waals surface area contributed by atoms with E-state index in [9.17, 15) is 0 Å². The second-order valence-electron chi connectivity index (χ2n) is 17.6. The van der Waals surface area contributed by atoms with Crippen LogP contribution in [0.15, 0.2) is 237 Å². The highest BCUT2D eigenvalue weighted by Gasteiger charge is 2.20. The lowest BCUT2D eigenvalue weighted by Crippen LogP contribution is -2.01. The standard InChI is InChI=1S/C63H39N5S/c1-4-16-40(17-5-1)61-64-62(41-18-6-2-7-19-41)66-63(65-61)45-20-14-23-47(36-45)68-57-34-31-43(42-30-33-56-52(37-42)49-24-10-12-28-55(49)67(56)46-21-8-3-9-22-46)38-53(57)54-39-44(32-35-58(54)68)48-26-15-27-51-50-25-11-13-29-59(50)69-60(48)51/h1-39H. The molecule has 0 atom stereocenters. The maximum absolute atomic E-state index is 5.10. The van der Waals surface area contributed by atoms with Crippen LogP contribution in [0.25, 0.3) is 132 Å². The Morgan fingerprint density at radius 1 is 0.275 bits per heavy atom. The van der Waals surface area contributed by atoms with Gasteiger partial charge >= 0.3 is 0 Å². The molecule has 0 N–H and O–H groups in total. The molecule has 4 aromatic heterocycles. The Kier molecular flexibility index (Phi) is 9.00. The summed E-state index contributed by atoms with van der Waals surface area (Å²) in [7, 11) is 0. The van der Waals surface area contributed by atoms with Gasteiger partial charge in [0, 0.05) is 69.8 Å². The molecule has 14 rings (SSSR count). The van der Waals surface area contributed by atoms with E-state index in [0.717, 1.165) is 44.7 Å². The van der Waals surface area contributed by atoms with Gasteiger partial charge in [-0.3, -0.25) is 0 Å². The Morgan fingerprint density at radius 3 is 1.39 bits per heavy atom. The van der Waals surface area contributed by atoms with Gasteiger partial charge in [0.1, 0.15) is 0 Å². The summed E-state index contributed by atoms with van der Waals surface area (Å²) in [5.41, 5.74) is 14.4. The number of thiophene rings is 1. The van der Waals surface area contributed by atoms with Crippen molar-refractivity contribution >= 4 is 75.1 Å². The van der Waals surface area contributed by atoms with Gasteiger partial charge in [0.15, 0.2) is 17.5 Å². The highest BCUT2D eigenvalue weighted by molar-refractivity contribution is 7.26. The molecule has 0 amide bonds. The SMILES string of the molecule is c1ccc(-c2nc(-c3ccccc3)nc(-c3cccc(-n4c5ccc(-c6ccc7c(c6)c6ccccc6n7-c6ccccc6)cc5c5cc(-c6cccc7c6sc6ccccc67)ccc54)c3)n2)cc1. The first-order valence-electron chi connectivity index (χ1n) is 23.3. The van der Waals surface area contributed by atoms with Gasteiger partial charge < -0.3 is 9.13 Å². The first-order chi connectivity index (χ1) is 34.2. The van der Waals surface area contributed by atoms with Crippen molar-refractivity contribution in [1.29, 1.82) is 0 Å². The quantitative estimate of drug-likeness (QED) is 0.160. The van der Waals surface area contributed by atoms with Gasteiger partial charge in [0.2, 0.25) is 0 Å². The molecule has 322 valence electrons. The van der Waals surface area contributed by atoms with Crippen molar-refractivity contribution in [2.24, 2.45) is 0 Å². The molecule has 6 heteroatoms. The van der Waals surface area contributed by atoms with Crippen LogP contribution in [-0.4, -0.2) is 24.1 Å². The smallest absolute Gasteiger partial charge is 0.164 e. The molecule has 0 radical (unpaired) electrons. The van der Waals surface area contributed by atoms with Crippen molar-refractivity contribution in [3.05, 3.63) is 237 Å². The fraction of sp³-hybridized carbons (Fsp3) is 0. The molecule has 0 bridgehead atoms. The summed E-state index contributed by atoms with van der Waals surface area (Å²) < 4.78 is 7.38. The van der Waals surface area contributed by atoms with E-state index in [4.69, 9.17) is 15.0 Å². The molecular formula is C63H39N5S. The lowest BCUT2D eigenvalue weighted by Gasteiger charge is -2.12. The molecule has 0 aliphatic carbocycles. The number of hydrogen-bond acceptors (Lipinski definition) is 4. The minimum absolute atomic E-state index is 0.621. The predicted molar refractivity (Wildman–Crippen MR) is 289 cm³/mol. The second-order valence-corrected chi connectivity index (χ2v) is 18.6. The Labute approximate surface area is 401 Å². The molecule has 0 saturated carbocycles. The average molecular weight is 898 g/mol. The fourth-order valence-electron chi connectivity index (χ4n) is 10.4. The normalized spacial score (nSPS) is 11.8. The summed E-state index contributed by atoms with van der Waals surface area (Å²) in [4.78, 5) is 15.2. The van der Waals surface area contributed by atoms with Crippen LogP contribution in [0.4, 0.5) is 0 Å². The van der Waals surface area contributed by atoms with Gasteiger partial charge in [-0.25, -0.2) is 15.0 Å². The summed E-state index contributed by atoms with van der Waals surface area (Å²) in [6.45, 7) is 0. The van der Waals surface area contributed by atoms with Crippen LogP contribution in [0.5, 0.6) is 0 Å². The molecule has 10 aromatic carbocycles. The van der Waals surface area contributed by atoms with E-state index >= 15 is 0 Å².